The van der Waals surface area contributed by atoms with Gasteiger partial charge < -0.3 is 10.3 Å². The van der Waals surface area contributed by atoms with E-state index >= 15 is 0 Å². The Morgan fingerprint density at radius 2 is 2.00 bits per heavy atom. The maximum atomic E-state index is 12.0. The molecule has 0 aliphatic heterocycles. The molecule has 0 aliphatic carbocycles. The Balaban J connectivity index is 1.62. The fraction of sp³-hybridized carbons (Fsp3) is 0.222. The number of hydrogen-bond acceptors (Lipinski definition) is 4. The highest BCUT2D eigenvalue weighted by molar-refractivity contribution is 5.90. The molecule has 0 aliphatic rings. The number of anilines is 1. The highest BCUT2D eigenvalue weighted by Crippen LogP contribution is 2.17. The van der Waals surface area contributed by atoms with Gasteiger partial charge in [-0.25, -0.2) is 4.98 Å². The summed E-state index contributed by atoms with van der Waals surface area (Å²) in [7, 11) is 0. The van der Waals surface area contributed by atoms with E-state index in [9.17, 15) is 9.59 Å². The lowest BCUT2D eigenvalue weighted by Gasteiger charge is -2.07. The molecule has 0 spiro atoms. The molecule has 1 amide bonds. The Kier molecular flexibility index (Phi) is 4.74. The number of aromatic nitrogens is 4. The van der Waals surface area contributed by atoms with E-state index in [0.29, 0.717) is 30.2 Å². The number of amides is 1. The van der Waals surface area contributed by atoms with Crippen molar-refractivity contribution in [3.8, 4) is 11.4 Å². The average molecular weight is 337 g/mol. The highest BCUT2D eigenvalue weighted by Gasteiger charge is 2.06. The number of H-pyrrole nitrogens is 1. The number of carbonyl (C=O) groups is 1. The largest absolute Gasteiger partial charge is 0.326 e. The van der Waals surface area contributed by atoms with E-state index in [4.69, 9.17) is 0 Å². The van der Waals surface area contributed by atoms with Crippen molar-refractivity contribution in [3.63, 3.8) is 0 Å². The smallest absolute Gasteiger partial charge is 0.251 e. The second-order valence-electron chi connectivity index (χ2n) is 5.89. The topological polar surface area (TPSA) is 92.7 Å². The van der Waals surface area contributed by atoms with Gasteiger partial charge in [0.15, 0.2) is 0 Å². The summed E-state index contributed by atoms with van der Waals surface area (Å²) in [4.78, 5) is 30.6. The SMILES string of the molecule is Cc1cnn(CCC(=O)Nc2ccc(-c3nc(C)cc(=O)[nH]3)cc2)c1. The lowest BCUT2D eigenvalue weighted by atomic mass is 10.2. The molecule has 25 heavy (non-hydrogen) atoms. The average Bonchev–Trinajstić information content (AvgIpc) is 2.98. The van der Waals surface area contributed by atoms with Crippen LogP contribution in [0.5, 0.6) is 0 Å². The normalized spacial score (nSPS) is 10.6. The predicted octanol–water partition coefficient (Wildman–Crippen LogP) is 2.28. The molecule has 128 valence electrons. The Hall–Kier alpha value is -3.22. The molecular formula is C18H19N5O2. The van der Waals surface area contributed by atoms with Crippen LogP contribution in [0.1, 0.15) is 17.7 Å². The minimum atomic E-state index is -0.186. The van der Waals surface area contributed by atoms with Crippen LogP contribution in [-0.4, -0.2) is 25.7 Å². The monoisotopic (exact) mass is 337 g/mol. The van der Waals surface area contributed by atoms with Gasteiger partial charge >= 0.3 is 0 Å². The molecule has 1 aromatic carbocycles. The van der Waals surface area contributed by atoms with E-state index in [1.807, 2.05) is 25.3 Å². The summed E-state index contributed by atoms with van der Waals surface area (Å²) >= 11 is 0. The van der Waals surface area contributed by atoms with Crippen molar-refractivity contribution in [3.05, 3.63) is 64.3 Å². The third kappa shape index (κ3) is 4.41. The van der Waals surface area contributed by atoms with E-state index in [2.05, 4.69) is 20.4 Å². The summed E-state index contributed by atoms with van der Waals surface area (Å²) in [6, 6.07) is 8.63. The van der Waals surface area contributed by atoms with Crippen molar-refractivity contribution in [2.75, 3.05) is 5.32 Å². The molecule has 0 bridgehead atoms. The van der Waals surface area contributed by atoms with Crippen LogP contribution in [0.3, 0.4) is 0 Å². The number of benzene rings is 1. The molecular weight excluding hydrogens is 318 g/mol. The van der Waals surface area contributed by atoms with E-state index in [1.54, 1.807) is 29.9 Å². The van der Waals surface area contributed by atoms with Gasteiger partial charge in [-0.15, -0.1) is 0 Å². The van der Waals surface area contributed by atoms with Crippen molar-refractivity contribution < 1.29 is 4.79 Å². The van der Waals surface area contributed by atoms with Gasteiger partial charge in [0.1, 0.15) is 5.82 Å². The first-order valence-electron chi connectivity index (χ1n) is 7.97. The van der Waals surface area contributed by atoms with E-state index < -0.39 is 0 Å². The van der Waals surface area contributed by atoms with E-state index in [1.165, 1.54) is 6.07 Å². The van der Waals surface area contributed by atoms with E-state index in [0.717, 1.165) is 11.1 Å². The summed E-state index contributed by atoms with van der Waals surface area (Å²) < 4.78 is 1.75. The molecule has 7 heteroatoms. The summed E-state index contributed by atoms with van der Waals surface area (Å²) in [5.41, 5.74) is 3.02. The van der Waals surface area contributed by atoms with Crippen LogP contribution in [0.25, 0.3) is 11.4 Å². The number of carbonyl (C=O) groups excluding carboxylic acids is 1. The van der Waals surface area contributed by atoms with Gasteiger partial charge in [0.25, 0.3) is 5.56 Å². The highest BCUT2D eigenvalue weighted by atomic mass is 16.1. The van der Waals surface area contributed by atoms with Crippen LogP contribution < -0.4 is 10.9 Å². The number of nitrogens with one attached hydrogen (secondary N) is 2. The quantitative estimate of drug-likeness (QED) is 0.747. The number of aryl methyl sites for hydroxylation is 3. The number of hydrogen-bond donors (Lipinski definition) is 2. The Morgan fingerprint density at radius 1 is 1.24 bits per heavy atom. The van der Waals surface area contributed by atoms with Gasteiger partial charge in [-0.05, 0) is 43.7 Å². The minimum absolute atomic E-state index is 0.0806. The standard InChI is InChI=1S/C18H19N5O2/c1-12-10-19-23(11-12)8-7-16(24)21-15-5-3-14(4-6-15)18-20-13(2)9-17(25)22-18/h3-6,9-11H,7-8H2,1-2H3,(H,21,24)(H,20,22,25). The van der Waals surface area contributed by atoms with Crippen molar-refractivity contribution in [2.45, 2.75) is 26.8 Å². The molecule has 2 aromatic heterocycles. The van der Waals surface area contributed by atoms with Crippen LogP contribution >= 0.6 is 0 Å². The molecule has 2 N–H and O–H groups in total. The maximum Gasteiger partial charge on any atom is 0.251 e. The summed E-state index contributed by atoms with van der Waals surface area (Å²) in [6.45, 7) is 4.27. The first-order valence-corrected chi connectivity index (χ1v) is 7.97. The molecule has 2 heterocycles. The second kappa shape index (κ2) is 7.12. The van der Waals surface area contributed by atoms with Crippen LogP contribution in [0.4, 0.5) is 5.69 Å². The number of rotatable bonds is 5. The third-order valence-corrected chi connectivity index (χ3v) is 3.64. The van der Waals surface area contributed by atoms with Gasteiger partial charge in [-0.1, -0.05) is 0 Å². The maximum absolute atomic E-state index is 12.0. The van der Waals surface area contributed by atoms with E-state index in [-0.39, 0.29) is 11.5 Å². The van der Waals surface area contributed by atoms with Crippen LogP contribution in [0, 0.1) is 13.8 Å². The molecule has 7 nitrogen and oxygen atoms in total. The summed E-state index contributed by atoms with van der Waals surface area (Å²) in [5.74, 6) is 0.430. The zero-order valence-electron chi connectivity index (χ0n) is 14.1. The fourth-order valence-electron chi connectivity index (χ4n) is 2.46. The second-order valence-corrected chi connectivity index (χ2v) is 5.89. The number of nitrogens with zero attached hydrogens (tertiary/aromatic N) is 3. The molecule has 0 radical (unpaired) electrons. The molecule has 0 atom stereocenters. The van der Waals surface area contributed by atoms with Crippen molar-refractivity contribution in [2.24, 2.45) is 0 Å². The van der Waals surface area contributed by atoms with Crippen LogP contribution in [-0.2, 0) is 11.3 Å². The Labute approximate surface area is 144 Å². The molecule has 3 rings (SSSR count). The van der Waals surface area contributed by atoms with Gasteiger partial charge in [-0.2, -0.15) is 5.10 Å². The number of aromatic amines is 1. The fourth-order valence-corrected chi connectivity index (χ4v) is 2.46. The van der Waals surface area contributed by atoms with Crippen molar-refractivity contribution in [1.82, 2.24) is 19.7 Å². The summed E-state index contributed by atoms with van der Waals surface area (Å²) in [6.07, 6.45) is 4.01. The van der Waals surface area contributed by atoms with Gasteiger partial charge in [-0.3, -0.25) is 14.3 Å². The Morgan fingerprint density at radius 3 is 2.64 bits per heavy atom. The molecule has 3 aromatic rings. The van der Waals surface area contributed by atoms with Crippen LogP contribution in [0.15, 0.2) is 47.5 Å². The molecule has 0 saturated carbocycles. The molecule has 0 unspecified atom stereocenters. The third-order valence-electron chi connectivity index (χ3n) is 3.64. The molecule has 0 saturated heterocycles. The van der Waals surface area contributed by atoms with Crippen LogP contribution in [0.2, 0.25) is 0 Å². The van der Waals surface area contributed by atoms with Gasteiger partial charge in [0, 0.05) is 42.2 Å². The summed E-state index contributed by atoms with van der Waals surface area (Å²) in [5, 5.41) is 7.00. The lowest BCUT2D eigenvalue weighted by Crippen LogP contribution is -2.14. The minimum Gasteiger partial charge on any atom is -0.326 e. The molecule has 0 fully saturated rings. The predicted molar refractivity (Wildman–Crippen MR) is 95.2 cm³/mol. The van der Waals surface area contributed by atoms with Crippen molar-refractivity contribution >= 4 is 11.6 Å². The zero-order valence-corrected chi connectivity index (χ0v) is 14.1. The van der Waals surface area contributed by atoms with Crippen molar-refractivity contribution in [1.29, 1.82) is 0 Å². The van der Waals surface area contributed by atoms with Gasteiger partial charge in [0.05, 0.1) is 6.20 Å². The van der Waals surface area contributed by atoms with Gasteiger partial charge in [0.2, 0.25) is 5.91 Å². The Bertz CT molecular complexity index is 941. The first kappa shape index (κ1) is 16.6. The zero-order chi connectivity index (χ0) is 17.8. The first-order chi connectivity index (χ1) is 12.0. The lowest BCUT2D eigenvalue weighted by molar-refractivity contribution is -0.116.